The van der Waals surface area contributed by atoms with Crippen molar-refractivity contribution in [3.05, 3.63) is 53.6 Å². The molecular formula is C20H21ClN4O2S. The molecule has 146 valence electrons. The number of thioether (sulfide) groups is 1. The predicted octanol–water partition coefficient (Wildman–Crippen LogP) is 4.21. The minimum Gasteiger partial charge on any atom is -0.497 e. The Morgan fingerprint density at radius 1 is 1.21 bits per heavy atom. The zero-order valence-electron chi connectivity index (χ0n) is 15.7. The van der Waals surface area contributed by atoms with Crippen LogP contribution < -0.4 is 10.1 Å². The summed E-state index contributed by atoms with van der Waals surface area (Å²) in [6, 6.07) is 15.1. The molecule has 0 aliphatic heterocycles. The van der Waals surface area contributed by atoms with E-state index in [1.54, 1.807) is 7.11 Å². The van der Waals surface area contributed by atoms with Gasteiger partial charge in [-0.2, -0.15) is 0 Å². The minimum absolute atomic E-state index is 0.0274. The van der Waals surface area contributed by atoms with Gasteiger partial charge < -0.3 is 10.1 Å². The molecule has 1 N–H and O–H groups in total. The number of rotatable bonds is 8. The molecule has 0 radical (unpaired) electrons. The van der Waals surface area contributed by atoms with Gasteiger partial charge in [-0.15, -0.1) is 10.2 Å². The van der Waals surface area contributed by atoms with Crippen LogP contribution in [0.25, 0.3) is 17.1 Å². The minimum atomic E-state index is -0.0274. The maximum Gasteiger partial charge on any atom is 0.230 e. The van der Waals surface area contributed by atoms with E-state index in [1.165, 1.54) is 11.8 Å². The van der Waals surface area contributed by atoms with Gasteiger partial charge in [-0.1, -0.05) is 42.4 Å². The van der Waals surface area contributed by atoms with Gasteiger partial charge in [0.15, 0.2) is 11.0 Å². The zero-order valence-corrected chi connectivity index (χ0v) is 17.3. The number of carbonyl (C=O) groups is 1. The zero-order chi connectivity index (χ0) is 19.9. The van der Waals surface area contributed by atoms with E-state index in [-0.39, 0.29) is 11.7 Å². The van der Waals surface area contributed by atoms with Crippen molar-refractivity contribution in [3.63, 3.8) is 0 Å². The van der Waals surface area contributed by atoms with Crippen LogP contribution in [0.1, 0.15) is 13.3 Å². The summed E-state index contributed by atoms with van der Waals surface area (Å²) >= 11 is 7.39. The lowest BCUT2D eigenvalue weighted by Crippen LogP contribution is -2.25. The first kappa shape index (κ1) is 20.2. The summed E-state index contributed by atoms with van der Waals surface area (Å²) in [5.41, 5.74) is 1.73. The third-order valence-corrected chi connectivity index (χ3v) is 5.13. The molecule has 1 heterocycles. The molecule has 3 aromatic rings. The van der Waals surface area contributed by atoms with Gasteiger partial charge in [0, 0.05) is 22.8 Å². The number of aromatic nitrogens is 3. The van der Waals surface area contributed by atoms with E-state index < -0.39 is 0 Å². The molecule has 6 nitrogen and oxygen atoms in total. The van der Waals surface area contributed by atoms with E-state index in [2.05, 4.69) is 15.5 Å². The monoisotopic (exact) mass is 416 g/mol. The lowest BCUT2D eigenvalue weighted by molar-refractivity contribution is -0.118. The second kappa shape index (κ2) is 9.61. The summed E-state index contributed by atoms with van der Waals surface area (Å²) in [5.74, 6) is 1.64. The molecule has 0 spiro atoms. The fraction of sp³-hybridized carbons (Fsp3) is 0.250. The quantitative estimate of drug-likeness (QED) is 0.557. The molecule has 28 heavy (non-hydrogen) atoms. The number of nitrogens with zero attached hydrogens (tertiary/aromatic N) is 3. The van der Waals surface area contributed by atoms with Crippen LogP contribution in [0.2, 0.25) is 5.02 Å². The Kier molecular flexibility index (Phi) is 6.95. The second-order valence-corrected chi connectivity index (χ2v) is 7.37. The van der Waals surface area contributed by atoms with Gasteiger partial charge in [0.1, 0.15) is 5.75 Å². The SMILES string of the molecule is CCCNC(=O)CSc1nnc(-c2cccc(OC)c2)n1-c1ccc(Cl)cc1. The van der Waals surface area contributed by atoms with E-state index in [0.717, 1.165) is 23.4 Å². The third-order valence-electron chi connectivity index (χ3n) is 3.95. The van der Waals surface area contributed by atoms with Crippen LogP contribution in [0.15, 0.2) is 53.7 Å². The smallest absolute Gasteiger partial charge is 0.230 e. The van der Waals surface area contributed by atoms with Gasteiger partial charge >= 0.3 is 0 Å². The Morgan fingerprint density at radius 3 is 2.71 bits per heavy atom. The molecule has 3 rings (SSSR count). The molecule has 0 aliphatic carbocycles. The van der Waals surface area contributed by atoms with E-state index in [9.17, 15) is 4.79 Å². The number of benzene rings is 2. The molecule has 0 aliphatic rings. The maximum atomic E-state index is 12.0. The fourth-order valence-corrected chi connectivity index (χ4v) is 3.49. The van der Waals surface area contributed by atoms with Crippen molar-refractivity contribution in [2.24, 2.45) is 0 Å². The molecule has 0 bridgehead atoms. The molecule has 1 aromatic heterocycles. The molecular weight excluding hydrogens is 396 g/mol. The van der Waals surface area contributed by atoms with Gasteiger partial charge in [-0.05, 0) is 42.8 Å². The summed E-state index contributed by atoms with van der Waals surface area (Å²) in [7, 11) is 1.62. The standard InChI is InChI=1S/C20H21ClN4O2S/c1-3-11-22-18(26)13-28-20-24-23-19(14-5-4-6-17(12-14)27-2)25(20)16-9-7-15(21)8-10-16/h4-10,12H,3,11,13H2,1-2H3,(H,22,26). The molecule has 1 amide bonds. The summed E-state index contributed by atoms with van der Waals surface area (Å²) in [5, 5.41) is 12.8. The van der Waals surface area contributed by atoms with Crippen LogP contribution in [0, 0.1) is 0 Å². The van der Waals surface area contributed by atoms with Crippen molar-refractivity contribution in [2.45, 2.75) is 18.5 Å². The number of nitrogens with one attached hydrogen (secondary N) is 1. The van der Waals surface area contributed by atoms with E-state index in [0.29, 0.717) is 22.5 Å². The van der Waals surface area contributed by atoms with Gasteiger partial charge in [0.25, 0.3) is 0 Å². The molecule has 0 saturated heterocycles. The summed E-state index contributed by atoms with van der Waals surface area (Å²) in [6.45, 7) is 2.68. The highest BCUT2D eigenvalue weighted by atomic mass is 35.5. The topological polar surface area (TPSA) is 69.0 Å². The van der Waals surface area contributed by atoms with Gasteiger partial charge in [0.2, 0.25) is 5.91 Å². The lowest BCUT2D eigenvalue weighted by atomic mass is 10.2. The number of halogens is 1. The molecule has 8 heteroatoms. The van der Waals surface area contributed by atoms with Gasteiger partial charge in [-0.3, -0.25) is 9.36 Å². The lowest BCUT2D eigenvalue weighted by Gasteiger charge is -2.11. The molecule has 0 unspecified atom stereocenters. The highest BCUT2D eigenvalue weighted by Gasteiger charge is 2.17. The normalized spacial score (nSPS) is 10.7. The Balaban J connectivity index is 1.97. The molecule has 2 aromatic carbocycles. The third kappa shape index (κ3) is 4.85. The van der Waals surface area contributed by atoms with E-state index >= 15 is 0 Å². The molecule has 0 atom stereocenters. The van der Waals surface area contributed by atoms with Gasteiger partial charge in [-0.25, -0.2) is 0 Å². The summed E-state index contributed by atoms with van der Waals surface area (Å²) < 4.78 is 7.25. The van der Waals surface area contributed by atoms with Crippen molar-refractivity contribution in [1.29, 1.82) is 0 Å². The van der Waals surface area contributed by atoms with Crippen LogP contribution >= 0.6 is 23.4 Å². The average Bonchev–Trinajstić information content (AvgIpc) is 3.15. The first-order valence-corrected chi connectivity index (χ1v) is 10.2. The number of methoxy groups -OCH3 is 1. The van der Waals surface area contributed by atoms with Crippen molar-refractivity contribution in [1.82, 2.24) is 20.1 Å². The van der Waals surface area contributed by atoms with Crippen molar-refractivity contribution >= 4 is 29.3 Å². The average molecular weight is 417 g/mol. The summed E-state index contributed by atoms with van der Waals surface area (Å²) in [4.78, 5) is 12.0. The predicted molar refractivity (Wildman–Crippen MR) is 112 cm³/mol. The van der Waals surface area contributed by atoms with Gasteiger partial charge in [0.05, 0.1) is 12.9 Å². The summed E-state index contributed by atoms with van der Waals surface area (Å²) in [6.07, 6.45) is 0.900. The number of hydrogen-bond donors (Lipinski definition) is 1. The largest absolute Gasteiger partial charge is 0.497 e. The Bertz CT molecular complexity index is 944. The van der Waals surface area contributed by atoms with Crippen molar-refractivity contribution in [2.75, 3.05) is 19.4 Å². The van der Waals surface area contributed by atoms with Crippen molar-refractivity contribution < 1.29 is 9.53 Å². The Labute approximate surface area is 173 Å². The molecule has 0 saturated carbocycles. The fourth-order valence-electron chi connectivity index (χ4n) is 2.58. The number of amides is 1. The highest BCUT2D eigenvalue weighted by molar-refractivity contribution is 7.99. The second-order valence-electron chi connectivity index (χ2n) is 5.99. The van der Waals surface area contributed by atoms with E-state index in [1.807, 2.05) is 60.0 Å². The van der Waals surface area contributed by atoms with Crippen LogP contribution in [0.5, 0.6) is 5.75 Å². The molecule has 0 fully saturated rings. The van der Waals surface area contributed by atoms with Crippen LogP contribution in [-0.4, -0.2) is 40.1 Å². The number of hydrogen-bond acceptors (Lipinski definition) is 5. The van der Waals surface area contributed by atoms with Crippen LogP contribution in [0.4, 0.5) is 0 Å². The maximum absolute atomic E-state index is 12.0. The Morgan fingerprint density at radius 2 is 2.00 bits per heavy atom. The van der Waals surface area contributed by atoms with Crippen LogP contribution in [-0.2, 0) is 4.79 Å². The van der Waals surface area contributed by atoms with Crippen molar-refractivity contribution in [3.8, 4) is 22.8 Å². The first-order valence-electron chi connectivity index (χ1n) is 8.87. The Hall–Kier alpha value is -2.51. The highest BCUT2D eigenvalue weighted by Crippen LogP contribution is 2.30. The van der Waals surface area contributed by atoms with E-state index in [4.69, 9.17) is 16.3 Å². The first-order chi connectivity index (χ1) is 13.6. The number of ether oxygens (including phenoxy) is 1. The number of carbonyl (C=O) groups excluding carboxylic acids is 1. The van der Waals surface area contributed by atoms with Crippen LogP contribution in [0.3, 0.4) is 0 Å².